The Balaban J connectivity index is 3.97. The molecule has 0 aliphatic rings. The average Bonchev–Trinajstić information content (AvgIpc) is 2.01. The van der Waals surface area contributed by atoms with Gasteiger partial charge < -0.3 is 5.32 Å². The third-order valence-electron chi connectivity index (χ3n) is 2.46. The smallest absolute Gasteiger partial charge is 0.147 e. The van der Waals surface area contributed by atoms with Crippen LogP contribution in [0.4, 0.5) is 0 Å². The van der Waals surface area contributed by atoms with E-state index in [0.717, 1.165) is 19.5 Å². The van der Waals surface area contributed by atoms with Crippen molar-refractivity contribution in [3.8, 4) is 0 Å². The Kier molecular flexibility index (Phi) is 6.36. The molecule has 0 aliphatic carbocycles. The van der Waals surface area contributed by atoms with Crippen LogP contribution in [0.25, 0.3) is 0 Å². The number of nitrogens with one attached hydrogen (secondary N) is 1. The van der Waals surface area contributed by atoms with E-state index in [1.807, 2.05) is 0 Å². The monoisotopic (exact) mass is 221 g/mol. The van der Waals surface area contributed by atoms with Crippen LogP contribution in [-0.4, -0.2) is 33.5 Å². The number of hydrogen-bond acceptors (Lipinski definition) is 3. The topological polar surface area (TPSA) is 46.2 Å². The van der Waals surface area contributed by atoms with Crippen LogP contribution in [0.2, 0.25) is 0 Å². The summed E-state index contributed by atoms with van der Waals surface area (Å²) in [5.41, 5.74) is 0. The molecule has 0 rings (SSSR count). The third kappa shape index (κ3) is 7.33. The van der Waals surface area contributed by atoms with Crippen molar-refractivity contribution >= 4 is 9.84 Å². The standard InChI is InChI=1S/C10H23NO2S/c1-5-11-8-10(9(2)3)6-7-14(4,12)13/h9-11H,5-8H2,1-4H3. The zero-order valence-electron chi connectivity index (χ0n) is 9.71. The Labute approximate surface area is 88.2 Å². The molecule has 86 valence electrons. The number of hydrogen-bond donors (Lipinski definition) is 1. The normalized spacial score (nSPS) is 14.6. The zero-order chi connectivity index (χ0) is 11.2. The van der Waals surface area contributed by atoms with E-state index >= 15 is 0 Å². The van der Waals surface area contributed by atoms with E-state index in [1.165, 1.54) is 6.26 Å². The minimum Gasteiger partial charge on any atom is -0.317 e. The van der Waals surface area contributed by atoms with Gasteiger partial charge in [0.15, 0.2) is 0 Å². The quantitative estimate of drug-likeness (QED) is 0.705. The van der Waals surface area contributed by atoms with E-state index in [1.54, 1.807) is 0 Å². The molecule has 0 aromatic rings. The summed E-state index contributed by atoms with van der Waals surface area (Å²) in [7, 11) is -2.81. The maximum Gasteiger partial charge on any atom is 0.147 e. The molecule has 0 amide bonds. The van der Waals surface area contributed by atoms with Gasteiger partial charge in [-0.1, -0.05) is 20.8 Å². The highest BCUT2D eigenvalue weighted by molar-refractivity contribution is 7.90. The minimum absolute atomic E-state index is 0.307. The molecular weight excluding hydrogens is 198 g/mol. The molecule has 1 N–H and O–H groups in total. The van der Waals surface area contributed by atoms with Crippen LogP contribution in [0.15, 0.2) is 0 Å². The summed E-state index contributed by atoms with van der Waals surface area (Å²) in [4.78, 5) is 0. The molecule has 14 heavy (non-hydrogen) atoms. The Hall–Kier alpha value is -0.0900. The Morgan fingerprint density at radius 2 is 1.86 bits per heavy atom. The van der Waals surface area contributed by atoms with Crippen LogP contribution in [0.3, 0.4) is 0 Å². The van der Waals surface area contributed by atoms with E-state index < -0.39 is 9.84 Å². The van der Waals surface area contributed by atoms with Crippen LogP contribution in [0.1, 0.15) is 27.2 Å². The molecule has 1 unspecified atom stereocenters. The molecule has 0 radical (unpaired) electrons. The second-order valence-corrected chi connectivity index (χ2v) is 6.49. The third-order valence-corrected chi connectivity index (χ3v) is 3.44. The molecule has 4 heteroatoms. The fourth-order valence-electron chi connectivity index (χ4n) is 1.37. The number of sulfone groups is 1. The summed E-state index contributed by atoms with van der Waals surface area (Å²) in [5.74, 6) is 1.31. The van der Waals surface area contributed by atoms with Crippen LogP contribution >= 0.6 is 0 Å². The van der Waals surface area contributed by atoms with Crippen molar-refractivity contribution < 1.29 is 8.42 Å². The highest BCUT2D eigenvalue weighted by Crippen LogP contribution is 2.14. The summed E-state index contributed by atoms with van der Waals surface area (Å²) in [6.45, 7) is 8.22. The average molecular weight is 221 g/mol. The maximum atomic E-state index is 11.0. The Bertz CT molecular complexity index is 235. The summed E-state index contributed by atoms with van der Waals surface area (Å²) in [6.07, 6.45) is 2.07. The van der Waals surface area contributed by atoms with Crippen molar-refractivity contribution in [1.29, 1.82) is 0 Å². The van der Waals surface area contributed by atoms with E-state index in [0.29, 0.717) is 17.6 Å². The van der Waals surface area contributed by atoms with Gasteiger partial charge in [0.1, 0.15) is 9.84 Å². The molecule has 0 spiro atoms. The maximum absolute atomic E-state index is 11.0. The van der Waals surface area contributed by atoms with Gasteiger partial charge in [-0.2, -0.15) is 0 Å². The molecule has 0 saturated heterocycles. The lowest BCUT2D eigenvalue weighted by Gasteiger charge is -2.20. The first kappa shape index (κ1) is 13.9. The second kappa shape index (κ2) is 6.40. The van der Waals surface area contributed by atoms with Gasteiger partial charge in [0.25, 0.3) is 0 Å². The SMILES string of the molecule is CCNCC(CCS(C)(=O)=O)C(C)C. The number of rotatable bonds is 7. The van der Waals surface area contributed by atoms with Crippen molar-refractivity contribution in [1.82, 2.24) is 5.32 Å². The zero-order valence-corrected chi connectivity index (χ0v) is 10.5. The first-order chi connectivity index (χ1) is 6.37. The first-order valence-corrected chi connectivity index (χ1v) is 7.31. The van der Waals surface area contributed by atoms with E-state index in [9.17, 15) is 8.42 Å². The van der Waals surface area contributed by atoms with Crippen LogP contribution in [0, 0.1) is 11.8 Å². The van der Waals surface area contributed by atoms with Crippen molar-refractivity contribution in [2.75, 3.05) is 25.1 Å². The molecule has 0 aliphatic heterocycles. The van der Waals surface area contributed by atoms with Crippen LogP contribution < -0.4 is 5.32 Å². The molecular formula is C10H23NO2S. The predicted molar refractivity (Wildman–Crippen MR) is 61.2 cm³/mol. The molecule has 0 fully saturated rings. The lowest BCUT2D eigenvalue weighted by Crippen LogP contribution is -2.27. The van der Waals surface area contributed by atoms with Crippen molar-refractivity contribution in [2.45, 2.75) is 27.2 Å². The van der Waals surface area contributed by atoms with Gasteiger partial charge in [0.2, 0.25) is 0 Å². The van der Waals surface area contributed by atoms with E-state index in [2.05, 4.69) is 26.1 Å². The second-order valence-electron chi connectivity index (χ2n) is 4.23. The van der Waals surface area contributed by atoms with E-state index in [4.69, 9.17) is 0 Å². The van der Waals surface area contributed by atoms with Gasteiger partial charge in [0, 0.05) is 6.26 Å². The van der Waals surface area contributed by atoms with Crippen LogP contribution in [0.5, 0.6) is 0 Å². The predicted octanol–water partition coefficient (Wildman–Crippen LogP) is 1.30. The molecule has 0 aromatic heterocycles. The van der Waals surface area contributed by atoms with Gasteiger partial charge >= 0.3 is 0 Å². The van der Waals surface area contributed by atoms with Gasteiger partial charge in [-0.15, -0.1) is 0 Å². The molecule has 1 atom stereocenters. The molecule has 0 aromatic carbocycles. The Morgan fingerprint density at radius 1 is 1.29 bits per heavy atom. The molecule has 0 heterocycles. The minimum atomic E-state index is -2.81. The molecule has 3 nitrogen and oxygen atoms in total. The summed E-state index contributed by atoms with van der Waals surface area (Å²) < 4.78 is 22.0. The molecule has 0 saturated carbocycles. The summed E-state index contributed by atoms with van der Waals surface area (Å²) >= 11 is 0. The largest absolute Gasteiger partial charge is 0.317 e. The molecule has 0 bridgehead atoms. The Morgan fingerprint density at radius 3 is 2.21 bits per heavy atom. The fraction of sp³-hybridized carbons (Fsp3) is 1.00. The van der Waals surface area contributed by atoms with Gasteiger partial charge in [-0.25, -0.2) is 8.42 Å². The summed E-state index contributed by atoms with van der Waals surface area (Å²) in [6, 6.07) is 0. The highest BCUT2D eigenvalue weighted by atomic mass is 32.2. The fourth-order valence-corrected chi connectivity index (χ4v) is 2.10. The van der Waals surface area contributed by atoms with Crippen molar-refractivity contribution in [2.24, 2.45) is 11.8 Å². The van der Waals surface area contributed by atoms with Crippen molar-refractivity contribution in [3.63, 3.8) is 0 Å². The van der Waals surface area contributed by atoms with Gasteiger partial charge in [-0.3, -0.25) is 0 Å². The van der Waals surface area contributed by atoms with E-state index in [-0.39, 0.29) is 0 Å². The highest BCUT2D eigenvalue weighted by Gasteiger charge is 2.15. The lowest BCUT2D eigenvalue weighted by molar-refractivity contribution is 0.356. The van der Waals surface area contributed by atoms with Crippen molar-refractivity contribution in [3.05, 3.63) is 0 Å². The van der Waals surface area contributed by atoms with Crippen LogP contribution in [-0.2, 0) is 9.84 Å². The first-order valence-electron chi connectivity index (χ1n) is 5.25. The van der Waals surface area contributed by atoms with Gasteiger partial charge in [0.05, 0.1) is 5.75 Å². The lowest BCUT2D eigenvalue weighted by atomic mass is 9.93. The van der Waals surface area contributed by atoms with Gasteiger partial charge in [-0.05, 0) is 31.3 Å². The summed E-state index contributed by atoms with van der Waals surface area (Å²) in [5, 5.41) is 3.27.